The summed E-state index contributed by atoms with van der Waals surface area (Å²) < 4.78 is 31.2. The fraction of sp³-hybridized carbons (Fsp3) is 0.450. The molecule has 0 aliphatic carbocycles. The SMILES string of the molecule is CCc1oc2ccccc2c1/C=C/C(=O)N1CCCCC1CNS(C)(=O)=O. The van der Waals surface area contributed by atoms with Crippen molar-refractivity contribution in [1.29, 1.82) is 0 Å². The number of piperidine rings is 1. The van der Waals surface area contributed by atoms with Gasteiger partial charge in [-0.15, -0.1) is 0 Å². The van der Waals surface area contributed by atoms with Gasteiger partial charge in [-0.3, -0.25) is 4.79 Å². The molecule has 6 nitrogen and oxygen atoms in total. The molecule has 0 radical (unpaired) electrons. The van der Waals surface area contributed by atoms with Gasteiger partial charge in [-0.05, 0) is 31.4 Å². The number of rotatable bonds is 6. The van der Waals surface area contributed by atoms with Crippen LogP contribution in [0.4, 0.5) is 0 Å². The van der Waals surface area contributed by atoms with E-state index in [-0.39, 0.29) is 18.5 Å². The Morgan fingerprint density at radius 1 is 1.33 bits per heavy atom. The Hall–Kier alpha value is -2.12. The van der Waals surface area contributed by atoms with E-state index in [9.17, 15) is 13.2 Å². The molecule has 1 N–H and O–H groups in total. The molecule has 0 saturated carbocycles. The molecule has 7 heteroatoms. The van der Waals surface area contributed by atoms with E-state index in [0.29, 0.717) is 6.54 Å². The maximum Gasteiger partial charge on any atom is 0.246 e. The average Bonchev–Trinajstić information content (AvgIpc) is 3.02. The van der Waals surface area contributed by atoms with Gasteiger partial charge in [-0.25, -0.2) is 13.1 Å². The number of nitrogens with zero attached hydrogens (tertiary/aromatic N) is 1. The van der Waals surface area contributed by atoms with Gasteiger partial charge in [0.2, 0.25) is 15.9 Å². The molecule has 1 atom stereocenters. The fourth-order valence-electron chi connectivity index (χ4n) is 3.56. The van der Waals surface area contributed by atoms with Crippen molar-refractivity contribution in [2.45, 2.75) is 38.6 Å². The highest BCUT2D eigenvalue weighted by molar-refractivity contribution is 7.88. The minimum Gasteiger partial charge on any atom is -0.460 e. The molecular formula is C20H26N2O4S. The maximum atomic E-state index is 12.8. The van der Waals surface area contributed by atoms with E-state index < -0.39 is 10.0 Å². The molecule has 2 aromatic rings. The van der Waals surface area contributed by atoms with Crippen LogP contribution in [0.25, 0.3) is 17.0 Å². The highest BCUT2D eigenvalue weighted by Gasteiger charge is 2.26. The van der Waals surface area contributed by atoms with E-state index in [2.05, 4.69) is 4.72 Å². The molecule has 146 valence electrons. The van der Waals surface area contributed by atoms with E-state index in [4.69, 9.17) is 4.42 Å². The van der Waals surface area contributed by atoms with E-state index in [1.165, 1.54) is 0 Å². The van der Waals surface area contributed by atoms with Crippen molar-refractivity contribution in [3.05, 3.63) is 41.7 Å². The molecule has 1 aliphatic rings. The van der Waals surface area contributed by atoms with Gasteiger partial charge in [0.05, 0.1) is 6.26 Å². The van der Waals surface area contributed by atoms with Crippen molar-refractivity contribution < 1.29 is 17.6 Å². The summed E-state index contributed by atoms with van der Waals surface area (Å²) in [6, 6.07) is 7.68. The van der Waals surface area contributed by atoms with Crippen LogP contribution in [0.2, 0.25) is 0 Å². The molecule has 0 spiro atoms. The third kappa shape index (κ3) is 4.78. The zero-order valence-electron chi connectivity index (χ0n) is 15.8. The molecule has 1 aromatic heterocycles. The van der Waals surface area contributed by atoms with Crippen molar-refractivity contribution >= 4 is 33.0 Å². The van der Waals surface area contributed by atoms with Crippen LogP contribution in [0.15, 0.2) is 34.8 Å². The first kappa shape index (κ1) is 19.6. The zero-order chi connectivity index (χ0) is 19.4. The third-order valence-electron chi connectivity index (χ3n) is 4.92. The Labute approximate surface area is 160 Å². The molecule has 1 aromatic carbocycles. The Balaban J connectivity index is 1.79. The van der Waals surface area contributed by atoms with E-state index >= 15 is 0 Å². The van der Waals surface area contributed by atoms with Crippen LogP contribution in [0.3, 0.4) is 0 Å². The number of aryl methyl sites for hydroxylation is 1. The monoisotopic (exact) mass is 390 g/mol. The minimum atomic E-state index is -3.27. The number of likely N-dealkylation sites (tertiary alicyclic amines) is 1. The lowest BCUT2D eigenvalue weighted by atomic mass is 10.0. The maximum absolute atomic E-state index is 12.8. The van der Waals surface area contributed by atoms with E-state index in [1.54, 1.807) is 11.0 Å². The number of hydrogen-bond acceptors (Lipinski definition) is 4. The summed E-state index contributed by atoms with van der Waals surface area (Å²) in [5.74, 6) is 0.761. The number of sulfonamides is 1. The first-order valence-electron chi connectivity index (χ1n) is 9.32. The van der Waals surface area contributed by atoms with Crippen LogP contribution in [-0.2, 0) is 21.2 Å². The van der Waals surface area contributed by atoms with Crippen LogP contribution < -0.4 is 4.72 Å². The van der Waals surface area contributed by atoms with Crippen molar-refractivity contribution in [3.63, 3.8) is 0 Å². The summed E-state index contributed by atoms with van der Waals surface area (Å²) in [6.07, 6.45) is 8.01. The largest absolute Gasteiger partial charge is 0.460 e. The Bertz CT molecular complexity index is 946. The second kappa shape index (κ2) is 8.27. The Kier molecular flexibility index (Phi) is 6.01. The molecular weight excluding hydrogens is 364 g/mol. The summed E-state index contributed by atoms with van der Waals surface area (Å²) in [6.45, 7) is 2.92. The lowest BCUT2D eigenvalue weighted by Crippen LogP contribution is -2.48. The average molecular weight is 391 g/mol. The number of para-hydroxylation sites is 1. The van der Waals surface area contributed by atoms with Gasteiger partial charge >= 0.3 is 0 Å². The summed E-state index contributed by atoms with van der Waals surface area (Å²) >= 11 is 0. The molecule has 1 saturated heterocycles. The predicted molar refractivity (Wildman–Crippen MR) is 107 cm³/mol. The number of carbonyl (C=O) groups is 1. The number of amides is 1. The van der Waals surface area contributed by atoms with Crippen molar-refractivity contribution in [2.24, 2.45) is 0 Å². The van der Waals surface area contributed by atoms with Crippen LogP contribution >= 0.6 is 0 Å². The van der Waals surface area contributed by atoms with Crippen molar-refractivity contribution in [2.75, 3.05) is 19.3 Å². The number of carbonyl (C=O) groups excluding carboxylic acids is 1. The minimum absolute atomic E-state index is 0.0951. The Morgan fingerprint density at radius 3 is 2.85 bits per heavy atom. The normalized spacial score (nSPS) is 18.4. The summed E-state index contributed by atoms with van der Waals surface area (Å²) in [5, 5.41) is 0.993. The highest BCUT2D eigenvalue weighted by Crippen LogP contribution is 2.27. The molecule has 1 aliphatic heterocycles. The number of fused-ring (bicyclic) bond motifs is 1. The summed E-state index contributed by atoms with van der Waals surface area (Å²) in [5.41, 5.74) is 1.75. The van der Waals surface area contributed by atoms with Crippen LogP contribution in [-0.4, -0.2) is 44.6 Å². The first-order chi connectivity index (χ1) is 12.9. The van der Waals surface area contributed by atoms with Gasteiger partial charge in [0.1, 0.15) is 11.3 Å². The second-order valence-corrected chi connectivity index (χ2v) is 8.76. The third-order valence-corrected chi connectivity index (χ3v) is 5.61. The standard InChI is InChI=1S/C20H26N2O4S/c1-3-18-17(16-9-4-5-10-19(16)26-18)11-12-20(23)22-13-7-6-8-15(22)14-21-27(2,24)25/h4-5,9-12,15,21H,3,6-8,13-14H2,1-2H3/b12-11+. The smallest absolute Gasteiger partial charge is 0.246 e. The van der Waals surface area contributed by atoms with Crippen molar-refractivity contribution in [3.8, 4) is 0 Å². The number of benzene rings is 1. The van der Waals surface area contributed by atoms with Gasteiger partial charge in [0, 0.05) is 42.6 Å². The fourth-order valence-corrected chi connectivity index (χ4v) is 4.06. The predicted octanol–water partition coefficient (Wildman–Crippen LogP) is 2.94. The summed E-state index contributed by atoms with van der Waals surface area (Å²) in [4.78, 5) is 14.6. The van der Waals surface area contributed by atoms with Gasteiger partial charge in [0.15, 0.2) is 0 Å². The zero-order valence-corrected chi connectivity index (χ0v) is 16.6. The van der Waals surface area contributed by atoms with Gasteiger partial charge < -0.3 is 9.32 Å². The highest BCUT2D eigenvalue weighted by atomic mass is 32.2. The molecule has 0 bridgehead atoms. The lowest BCUT2D eigenvalue weighted by Gasteiger charge is -2.35. The molecule has 1 unspecified atom stereocenters. The van der Waals surface area contributed by atoms with E-state index in [0.717, 1.165) is 54.2 Å². The molecule has 3 rings (SSSR count). The number of hydrogen-bond donors (Lipinski definition) is 1. The van der Waals surface area contributed by atoms with Crippen LogP contribution in [0.5, 0.6) is 0 Å². The lowest BCUT2D eigenvalue weighted by molar-refractivity contribution is -0.129. The van der Waals surface area contributed by atoms with Crippen molar-refractivity contribution in [1.82, 2.24) is 9.62 Å². The van der Waals surface area contributed by atoms with Gasteiger partial charge in [-0.1, -0.05) is 25.1 Å². The van der Waals surface area contributed by atoms with Crippen LogP contribution in [0, 0.1) is 0 Å². The van der Waals surface area contributed by atoms with Crippen LogP contribution in [0.1, 0.15) is 37.5 Å². The number of furan rings is 1. The molecule has 27 heavy (non-hydrogen) atoms. The van der Waals surface area contributed by atoms with E-state index in [1.807, 2.05) is 37.3 Å². The second-order valence-electron chi connectivity index (χ2n) is 6.92. The Morgan fingerprint density at radius 2 is 2.11 bits per heavy atom. The quantitative estimate of drug-likeness (QED) is 0.769. The number of nitrogens with one attached hydrogen (secondary N) is 1. The topological polar surface area (TPSA) is 79.6 Å². The van der Waals surface area contributed by atoms with Gasteiger partial charge in [0.25, 0.3) is 0 Å². The summed E-state index contributed by atoms with van der Waals surface area (Å²) in [7, 11) is -3.27. The first-order valence-corrected chi connectivity index (χ1v) is 11.2. The molecule has 1 amide bonds. The molecule has 1 fully saturated rings. The van der Waals surface area contributed by atoms with Gasteiger partial charge in [-0.2, -0.15) is 0 Å². The molecule has 2 heterocycles.